The van der Waals surface area contributed by atoms with E-state index in [1.54, 1.807) is 24.3 Å². The van der Waals surface area contributed by atoms with Crippen LogP contribution in [0.3, 0.4) is 0 Å². The Balaban J connectivity index is 1.95. The summed E-state index contributed by atoms with van der Waals surface area (Å²) in [5, 5.41) is 20.2. The van der Waals surface area contributed by atoms with E-state index >= 15 is 0 Å². The van der Waals surface area contributed by atoms with Crippen molar-refractivity contribution in [3.63, 3.8) is 0 Å². The molecule has 1 aliphatic heterocycles. The van der Waals surface area contributed by atoms with Crippen molar-refractivity contribution in [2.24, 2.45) is 0 Å². The van der Waals surface area contributed by atoms with Gasteiger partial charge in [-0.3, -0.25) is 15.0 Å². The Morgan fingerprint density at radius 2 is 1.74 bits per heavy atom. The maximum absolute atomic E-state index is 12.4. The van der Waals surface area contributed by atoms with Crippen molar-refractivity contribution < 1.29 is 19.8 Å². The van der Waals surface area contributed by atoms with Gasteiger partial charge in [-0.1, -0.05) is 15.9 Å². The number of carbonyl (C=O) groups is 2. The van der Waals surface area contributed by atoms with Crippen LogP contribution < -0.4 is 10.4 Å². The third-order valence-corrected chi connectivity index (χ3v) is 3.82. The fourth-order valence-electron chi connectivity index (χ4n) is 2.14. The van der Waals surface area contributed by atoms with E-state index in [0.717, 1.165) is 15.5 Å². The number of phenols is 2. The Hall–Kier alpha value is -2.80. The number of halogens is 1. The first-order valence-corrected chi connectivity index (χ1v) is 7.40. The number of hydrogen-bond donors (Lipinski definition) is 3. The highest BCUT2D eigenvalue weighted by Crippen LogP contribution is 2.27. The van der Waals surface area contributed by atoms with Crippen LogP contribution in [0.5, 0.6) is 11.5 Å². The molecule has 1 aliphatic rings. The van der Waals surface area contributed by atoms with Gasteiger partial charge in [0.2, 0.25) is 0 Å². The van der Waals surface area contributed by atoms with Gasteiger partial charge >= 0.3 is 0 Å². The second kappa shape index (κ2) is 5.77. The van der Waals surface area contributed by atoms with Crippen LogP contribution in [0, 0.1) is 0 Å². The molecule has 6 nitrogen and oxygen atoms in total. The van der Waals surface area contributed by atoms with Gasteiger partial charge < -0.3 is 10.2 Å². The van der Waals surface area contributed by atoms with E-state index in [2.05, 4.69) is 21.4 Å². The van der Waals surface area contributed by atoms with E-state index in [1.165, 1.54) is 18.2 Å². The van der Waals surface area contributed by atoms with E-state index in [1.807, 2.05) is 0 Å². The van der Waals surface area contributed by atoms with Crippen LogP contribution in [0.25, 0.3) is 6.08 Å². The SMILES string of the molecule is O=C1NN(c2ccc(Br)cc2)C(=O)C1=Cc1ccc(O)cc1O. The second-order valence-electron chi connectivity index (χ2n) is 4.86. The summed E-state index contributed by atoms with van der Waals surface area (Å²) < 4.78 is 0.851. The number of anilines is 1. The first kappa shape index (κ1) is 15.1. The lowest BCUT2D eigenvalue weighted by molar-refractivity contribution is -0.117. The summed E-state index contributed by atoms with van der Waals surface area (Å²) in [6.45, 7) is 0. The van der Waals surface area contributed by atoms with Crippen molar-refractivity contribution in [1.82, 2.24) is 5.43 Å². The van der Waals surface area contributed by atoms with Crippen molar-refractivity contribution in [1.29, 1.82) is 0 Å². The van der Waals surface area contributed by atoms with Crippen LogP contribution in [-0.2, 0) is 9.59 Å². The summed E-state index contributed by atoms with van der Waals surface area (Å²) >= 11 is 3.30. The Morgan fingerprint density at radius 1 is 1.04 bits per heavy atom. The van der Waals surface area contributed by atoms with Gasteiger partial charge in [-0.25, -0.2) is 5.01 Å². The summed E-state index contributed by atoms with van der Waals surface area (Å²) in [5.74, 6) is -1.42. The first-order valence-electron chi connectivity index (χ1n) is 6.60. The lowest BCUT2D eigenvalue weighted by atomic mass is 10.1. The zero-order valence-corrected chi connectivity index (χ0v) is 13.2. The average Bonchev–Trinajstić information content (AvgIpc) is 2.78. The van der Waals surface area contributed by atoms with Crippen LogP contribution >= 0.6 is 15.9 Å². The van der Waals surface area contributed by atoms with Crippen molar-refractivity contribution >= 4 is 39.5 Å². The standard InChI is InChI=1S/C16H11BrN2O4/c17-10-2-4-11(5-3-10)19-16(23)13(15(22)18-19)7-9-1-6-12(20)8-14(9)21/h1-8,20-21H,(H,18,22). The molecule has 0 atom stereocenters. The fraction of sp³-hybridized carbons (Fsp3) is 0. The minimum absolute atomic E-state index is 0.103. The average molecular weight is 375 g/mol. The van der Waals surface area contributed by atoms with Crippen molar-refractivity contribution in [3.05, 3.63) is 58.1 Å². The highest BCUT2D eigenvalue weighted by atomic mass is 79.9. The largest absolute Gasteiger partial charge is 0.508 e. The third kappa shape index (κ3) is 2.91. The molecule has 0 unspecified atom stereocenters. The van der Waals surface area contributed by atoms with Gasteiger partial charge in [-0.2, -0.15) is 0 Å². The van der Waals surface area contributed by atoms with Crippen LogP contribution in [-0.4, -0.2) is 22.0 Å². The number of carbonyl (C=O) groups excluding carboxylic acids is 2. The molecular formula is C16H11BrN2O4. The number of benzene rings is 2. The number of amides is 2. The maximum Gasteiger partial charge on any atom is 0.282 e. The van der Waals surface area contributed by atoms with Crippen LogP contribution in [0.4, 0.5) is 5.69 Å². The van der Waals surface area contributed by atoms with Gasteiger partial charge in [0, 0.05) is 16.1 Å². The molecular weight excluding hydrogens is 364 g/mol. The maximum atomic E-state index is 12.4. The van der Waals surface area contributed by atoms with Crippen molar-refractivity contribution in [2.45, 2.75) is 0 Å². The number of hydrazine groups is 1. The normalized spacial score (nSPS) is 16.0. The smallest absolute Gasteiger partial charge is 0.282 e. The molecule has 0 saturated carbocycles. The molecule has 3 rings (SSSR count). The highest BCUT2D eigenvalue weighted by Gasteiger charge is 2.34. The second-order valence-corrected chi connectivity index (χ2v) is 5.77. The molecule has 0 radical (unpaired) electrons. The van der Waals surface area contributed by atoms with Gasteiger partial charge in [0.1, 0.15) is 17.1 Å². The van der Waals surface area contributed by atoms with Crippen LogP contribution in [0.1, 0.15) is 5.56 Å². The molecule has 0 aliphatic carbocycles. The predicted molar refractivity (Wildman–Crippen MR) is 87.5 cm³/mol. The van der Waals surface area contributed by atoms with Crippen molar-refractivity contribution in [3.8, 4) is 11.5 Å². The molecule has 2 aromatic rings. The quantitative estimate of drug-likeness (QED) is 0.555. The Morgan fingerprint density at radius 3 is 2.39 bits per heavy atom. The fourth-order valence-corrected chi connectivity index (χ4v) is 2.40. The summed E-state index contributed by atoms with van der Waals surface area (Å²) in [4.78, 5) is 24.5. The molecule has 1 heterocycles. The molecule has 23 heavy (non-hydrogen) atoms. The first-order chi connectivity index (χ1) is 11.0. The summed E-state index contributed by atoms with van der Waals surface area (Å²) in [6, 6.07) is 10.8. The molecule has 116 valence electrons. The third-order valence-electron chi connectivity index (χ3n) is 3.29. The molecule has 2 aromatic carbocycles. The van der Waals surface area contributed by atoms with E-state index in [0.29, 0.717) is 5.69 Å². The van der Waals surface area contributed by atoms with Crippen molar-refractivity contribution in [2.75, 3.05) is 5.01 Å². The zero-order chi connectivity index (χ0) is 16.6. The number of phenolic OH excluding ortho intramolecular Hbond substituents is 2. The molecule has 1 saturated heterocycles. The number of rotatable bonds is 2. The Labute approximate surface area is 139 Å². The number of hydrogen-bond acceptors (Lipinski definition) is 4. The summed E-state index contributed by atoms with van der Waals surface area (Å²) in [5.41, 5.74) is 3.15. The Kier molecular flexibility index (Phi) is 3.79. The minimum Gasteiger partial charge on any atom is -0.508 e. The van der Waals surface area contributed by atoms with Crippen LogP contribution in [0.15, 0.2) is 52.5 Å². The van der Waals surface area contributed by atoms with Gasteiger partial charge in [0.25, 0.3) is 11.8 Å². The molecule has 0 spiro atoms. The topological polar surface area (TPSA) is 89.9 Å². The minimum atomic E-state index is -0.564. The van der Waals surface area contributed by atoms with Gasteiger partial charge in [0.05, 0.1) is 5.69 Å². The Bertz CT molecular complexity index is 830. The van der Waals surface area contributed by atoms with Gasteiger partial charge in [-0.15, -0.1) is 0 Å². The zero-order valence-electron chi connectivity index (χ0n) is 11.7. The van der Waals surface area contributed by atoms with E-state index in [4.69, 9.17) is 0 Å². The van der Waals surface area contributed by atoms with E-state index in [-0.39, 0.29) is 22.6 Å². The number of nitrogens with one attached hydrogen (secondary N) is 1. The molecule has 2 amide bonds. The summed E-state index contributed by atoms with van der Waals surface area (Å²) in [6.07, 6.45) is 1.28. The van der Waals surface area contributed by atoms with Crippen LogP contribution in [0.2, 0.25) is 0 Å². The van der Waals surface area contributed by atoms with E-state index in [9.17, 15) is 19.8 Å². The molecule has 0 bridgehead atoms. The van der Waals surface area contributed by atoms with Gasteiger partial charge in [0.15, 0.2) is 0 Å². The number of aromatic hydroxyl groups is 2. The molecule has 1 fully saturated rings. The number of nitrogens with zero attached hydrogens (tertiary/aromatic N) is 1. The van der Waals surface area contributed by atoms with Gasteiger partial charge in [-0.05, 0) is 42.5 Å². The molecule has 7 heteroatoms. The molecule has 3 N–H and O–H groups in total. The molecule has 0 aromatic heterocycles. The summed E-state index contributed by atoms with van der Waals surface area (Å²) in [7, 11) is 0. The van der Waals surface area contributed by atoms with E-state index < -0.39 is 11.8 Å². The predicted octanol–water partition coefficient (Wildman–Crippen LogP) is 2.32. The highest BCUT2D eigenvalue weighted by molar-refractivity contribution is 9.10. The lowest BCUT2D eigenvalue weighted by Crippen LogP contribution is -2.35. The monoisotopic (exact) mass is 374 g/mol. The lowest BCUT2D eigenvalue weighted by Gasteiger charge is -2.14.